The number of nitrogens with zero attached hydrogens (tertiary/aromatic N) is 2. The van der Waals surface area contributed by atoms with Crippen molar-refractivity contribution in [1.29, 1.82) is 0 Å². The maximum absolute atomic E-state index is 4.96. The molecule has 0 amide bonds. The van der Waals surface area contributed by atoms with Crippen molar-refractivity contribution in [2.75, 3.05) is 0 Å². The quantitative estimate of drug-likeness (QED) is 0.158. The monoisotopic (exact) mass is 684 g/mol. The fraction of sp³-hybridized carbons (Fsp3) is 0.381. The van der Waals surface area contributed by atoms with Gasteiger partial charge in [0, 0.05) is 13.3 Å². The van der Waals surface area contributed by atoms with Crippen molar-refractivity contribution in [3.63, 3.8) is 0 Å². The number of hydrogen-bond donors (Lipinski definition) is 0. The Morgan fingerprint density at radius 2 is 1.38 bits per heavy atom. The predicted octanol–water partition coefficient (Wildman–Crippen LogP) is 9.06. The van der Waals surface area contributed by atoms with Crippen LogP contribution in [0.2, 0.25) is 0 Å². The summed E-state index contributed by atoms with van der Waals surface area (Å²) in [6.07, 6.45) is 0. The molecule has 0 saturated heterocycles. The number of halogens is 2. The van der Waals surface area contributed by atoms with Crippen molar-refractivity contribution in [2.24, 2.45) is 0 Å². The van der Waals surface area contributed by atoms with Gasteiger partial charge in [0.15, 0.2) is 9.66 Å². The Bertz CT molecular complexity index is 1180. The van der Waals surface area contributed by atoms with Crippen LogP contribution in [-0.2, 0) is 8.84 Å². The van der Waals surface area contributed by atoms with E-state index < -0.39 is 0 Å². The van der Waals surface area contributed by atoms with Crippen LogP contribution in [-0.4, -0.2) is 14.5 Å². The predicted molar refractivity (Wildman–Crippen MR) is 152 cm³/mol. The van der Waals surface area contributed by atoms with Gasteiger partial charge in [0.25, 0.3) is 0 Å². The maximum atomic E-state index is 4.96. The molecule has 0 aromatic carbocycles. The zero-order valence-electron chi connectivity index (χ0n) is 17.1. The fourth-order valence-corrected chi connectivity index (χ4v) is 10.9. The summed E-state index contributed by atoms with van der Waals surface area (Å²) in [5.41, 5.74) is 1.52. The lowest BCUT2D eigenvalue weighted by Gasteiger charge is -2.17. The maximum Gasteiger partial charge on any atom is 0.155 e. The third-order valence-corrected chi connectivity index (χ3v) is 12.8. The summed E-state index contributed by atoms with van der Waals surface area (Å²) in [4.78, 5) is 17.4. The molecule has 4 aromatic rings. The van der Waals surface area contributed by atoms with Crippen molar-refractivity contribution >= 4 is 103 Å². The smallest absolute Gasteiger partial charge is 0.155 e. The highest BCUT2D eigenvalue weighted by molar-refractivity contribution is 14.2. The molecule has 8 heteroatoms. The van der Waals surface area contributed by atoms with Gasteiger partial charge in [-0.2, -0.15) is 0 Å². The Balaban J connectivity index is 1.71. The van der Waals surface area contributed by atoms with Crippen LogP contribution in [0.15, 0.2) is 12.1 Å². The Morgan fingerprint density at radius 3 is 1.79 bits per heavy atom. The van der Waals surface area contributed by atoms with Gasteiger partial charge in [-0.1, -0.05) is 91.3 Å². The molecule has 2 nitrogen and oxygen atoms in total. The van der Waals surface area contributed by atoms with E-state index in [-0.39, 0.29) is 29.6 Å². The largest absolute Gasteiger partial charge is 0.222 e. The molecular formula is C21H22I2N2S4. The van der Waals surface area contributed by atoms with Gasteiger partial charge >= 0.3 is 0 Å². The van der Waals surface area contributed by atoms with Crippen molar-refractivity contribution in [2.45, 2.75) is 50.4 Å². The lowest BCUT2D eigenvalue weighted by molar-refractivity contribution is 0.601. The lowest BCUT2D eigenvalue weighted by atomic mass is 9.95. The van der Waals surface area contributed by atoms with Crippen LogP contribution in [0.5, 0.6) is 0 Å². The third-order valence-electron chi connectivity index (χ3n) is 4.37. The van der Waals surface area contributed by atoms with Crippen LogP contribution in [0.4, 0.5) is 0 Å². The average molecular weight is 684 g/mol. The standard InChI is InChI=1S/C21H22I2N2S4/c1-10-8-12(26-14(10)21(5,6)22)16-24-18-19(28-16)25-17(29-18)13-9-11(23-7)15(27-13)20(2,3)4/h8-9H,7H2,1-6H3. The van der Waals surface area contributed by atoms with E-state index in [9.17, 15) is 0 Å². The van der Waals surface area contributed by atoms with Gasteiger partial charge in [0.05, 0.1) is 13.2 Å². The minimum absolute atomic E-state index is 0.142. The van der Waals surface area contributed by atoms with Gasteiger partial charge in [-0.3, -0.25) is 0 Å². The molecule has 0 spiro atoms. The van der Waals surface area contributed by atoms with Crippen LogP contribution >= 0.6 is 88.7 Å². The first-order valence-corrected chi connectivity index (χ1v) is 16.0. The summed E-state index contributed by atoms with van der Waals surface area (Å²) in [6, 6.07) is 4.61. The minimum Gasteiger partial charge on any atom is -0.222 e. The molecule has 0 aliphatic rings. The summed E-state index contributed by atoms with van der Waals surface area (Å²) in [6.45, 7) is 13.6. The SMILES string of the molecule is C=Ic1cc(-c2nc3sc(-c4cc(C)c(C(C)(C)I)s4)nc3s2)sc1C(C)(C)C. The molecule has 0 aliphatic carbocycles. The van der Waals surface area contributed by atoms with Gasteiger partial charge in [0.2, 0.25) is 0 Å². The first kappa shape index (κ1) is 22.4. The van der Waals surface area contributed by atoms with Crippen LogP contribution in [0, 0.1) is 10.5 Å². The highest BCUT2D eigenvalue weighted by Gasteiger charge is 2.25. The van der Waals surface area contributed by atoms with Gasteiger partial charge in [-0.05, 0) is 43.9 Å². The molecule has 0 saturated carbocycles. The zero-order chi connectivity index (χ0) is 21.1. The number of rotatable bonds is 4. The molecule has 4 rings (SSSR count). The molecule has 0 aliphatic heterocycles. The first-order valence-electron chi connectivity index (χ1n) is 9.08. The highest BCUT2D eigenvalue weighted by Crippen LogP contribution is 2.46. The van der Waals surface area contributed by atoms with E-state index in [1.54, 1.807) is 22.7 Å². The number of thiazole rings is 2. The van der Waals surface area contributed by atoms with Gasteiger partial charge < -0.3 is 0 Å². The Hall–Kier alpha value is 0.250. The minimum atomic E-state index is -0.184. The van der Waals surface area contributed by atoms with Crippen molar-refractivity contribution < 1.29 is 0 Å². The summed E-state index contributed by atoms with van der Waals surface area (Å²) in [7, 11) is 0. The van der Waals surface area contributed by atoms with Gasteiger partial charge in [0.1, 0.15) is 10.0 Å². The molecule has 0 unspecified atom stereocenters. The normalized spacial score (nSPS) is 12.9. The number of thiophene rings is 2. The number of hydrogen-bond acceptors (Lipinski definition) is 6. The van der Waals surface area contributed by atoms with Crippen LogP contribution < -0.4 is 0 Å². The Kier molecular flexibility index (Phi) is 6.18. The molecule has 4 heterocycles. The van der Waals surface area contributed by atoms with Crippen LogP contribution in [0.1, 0.15) is 49.9 Å². The Labute approximate surface area is 211 Å². The summed E-state index contributed by atoms with van der Waals surface area (Å²) in [5.74, 6) is 0. The van der Waals surface area contributed by atoms with E-state index in [1.165, 1.54) is 28.6 Å². The lowest BCUT2D eigenvalue weighted by Crippen LogP contribution is -2.09. The molecule has 0 N–H and O–H groups in total. The van der Waals surface area contributed by atoms with Crippen molar-refractivity contribution in [1.82, 2.24) is 9.97 Å². The van der Waals surface area contributed by atoms with Crippen molar-refractivity contribution in [3.05, 3.63) is 31.0 Å². The van der Waals surface area contributed by atoms with Gasteiger partial charge in [-0.25, -0.2) is 9.97 Å². The third kappa shape index (κ3) is 4.44. The first-order chi connectivity index (χ1) is 13.5. The topological polar surface area (TPSA) is 25.8 Å². The molecule has 0 fully saturated rings. The Morgan fingerprint density at radius 1 is 0.862 bits per heavy atom. The van der Waals surface area contributed by atoms with E-state index in [0.717, 1.165) is 19.7 Å². The van der Waals surface area contributed by atoms with Crippen LogP contribution in [0.3, 0.4) is 0 Å². The molecule has 154 valence electrons. The molecule has 0 atom stereocenters. The summed E-state index contributed by atoms with van der Waals surface area (Å²) >= 11 is 9.52. The van der Waals surface area contributed by atoms with E-state index in [2.05, 4.69) is 80.8 Å². The summed E-state index contributed by atoms with van der Waals surface area (Å²) in [5, 5.41) is 2.19. The number of aromatic nitrogens is 2. The zero-order valence-corrected chi connectivity index (χ0v) is 24.7. The number of fused-ring (bicyclic) bond motifs is 1. The summed E-state index contributed by atoms with van der Waals surface area (Å²) < 4.78 is 5.82. The molecule has 0 radical (unpaired) electrons. The van der Waals surface area contributed by atoms with Crippen LogP contribution in [0.25, 0.3) is 29.4 Å². The second-order valence-corrected chi connectivity index (χ2v) is 17.1. The van der Waals surface area contributed by atoms with E-state index in [1.807, 2.05) is 22.7 Å². The van der Waals surface area contributed by atoms with E-state index in [0.29, 0.717) is 0 Å². The molecule has 0 bridgehead atoms. The number of aryl methyl sites for hydroxylation is 1. The second kappa shape index (κ2) is 7.99. The average Bonchev–Trinajstić information content (AvgIpc) is 3.32. The highest BCUT2D eigenvalue weighted by atomic mass is 127. The molecule has 4 aromatic heterocycles. The van der Waals surface area contributed by atoms with Crippen molar-refractivity contribution in [3.8, 4) is 19.8 Å². The van der Waals surface area contributed by atoms with E-state index in [4.69, 9.17) is 9.97 Å². The number of alkyl halides is 1. The van der Waals surface area contributed by atoms with E-state index >= 15 is 0 Å². The molecular weight excluding hydrogens is 662 g/mol. The fourth-order valence-electron chi connectivity index (χ4n) is 3.12. The molecule has 29 heavy (non-hydrogen) atoms. The second-order valence-electron chi connectivity index (χ2n) is 8.41. The van der Waals surface area contributed by atoms with Gasteiger partial charge in [-0.15, -0.1) is 22.7 Å².